The van der Waals surface area contributed by atoms with E-state index in [2.05, 4.69) is 14.8 Å². The van der Waals surface area contributed by atoms with Gasteiger partial charge in [-0.05, 0) is 18.6 Å². The van der Waals surface area contributed by atoms with Crippen molar-refractivity contribution in [1.82, 2.24) is 14.6 Å². The topological polar surface area (TPSA) is 85.6 Å². The second kappa shape index (κ2) is 6.64. The number of hydrogen-bond donors (Lipinski definition) is 1. The number of sulfonamides is 1. The maximum absolute atomic E-state index is 13.0. The summed E-state index contributed by atoms with van der Waals surface area (Å²) in [6, 6.07) is 6.87. The van der Waals surface area contributed by atoms with Crippen LogP contribution in [0.1, 0.15) is 37.4 Å². The van der Waals surface area contributed by atoms with E-state index in [1.807, 2.05) is 20.8 Å². The first-order chi connectivity index (χ1) is 11.9. The Morgan fingerprint density at radius 3 is 2.68 bits per heavy atom. The third-order valence-corrected chi connectivity index (χ3v) is 6.30. The number of rotatable bonds is 6. The van der Waals surface area contributed by atoms with Gasteiger partial charge >= 0.3 is 0 Å². The van der Waals surface area contributed by atoms with Crippen LogP contribution in [0.25, 0.3) is 4.96 Å². The number of nitrogens with zero attached hydrogens (tertiary/aromatic N) is 3. The van der Waals surface area contributed by atoms with Crippen molar-refractivity contribution in [3.8, 4) is 5.75 Å². The number of nitrogens with one attached hydrogen (secondary N) is 1. The van der Waals surface area contributed by atoms with Gasteiger partial charge in [0.1, 0.15) is 10.8 Å². The summed E-state index contributed by atoms with van der Waals surface area (Å²) in [6.45, 7) is 5.90. The maximum atomic E-state index is 13.0. The smallest absolute Gasteiger partial charge is 0.281 e. The highest BCUT2D eigenvalue weighted by atomic mass is 32.2. The molecule has 1 N–H and O–H groups in total. The largest absolute Gasteiger partial charge is 0.495 e. The van der Waals surface area contributed by atoms with Crippen molar-refractivity contribution in [2.24, 2.45) is 0 Å². The number of aryl methyl sites for hydroxylation is 1. The Labute approximate surface area is 150 Å². The van der Waals surface area contributed by atoms with Gasteiger partial charge in [0.25, 0.3) is 10.0 Å². The highest BCUT2D eigenvalue weighted by molar-refractivity contribution is 7.92. The minimum atomic E-state index is -3.87. The molecule has 3 rings (SSSR count). The Hall–Kier alpha value is -2.13. The predicted octanol–water partition coefficient (Wildman–Crippen LogP) is 3.29. The average Bonchev–Trinajstić information content (AvgIpc) is 3.12. The van der Waals surface area contributed by atoms with Gasteiger partial charge < -0.3 is 4.74 Å². The molecule has 0 aliphatic heterocycles. The van der Waals surface area contributed by atoms with Gasteiger partial charge in [-0.25, -0.2) is 4.98 Å². The fourth-order valence-corrected chi connectivity index (χ4v) is 4.83. The highest BCUT2D eigenvalue weighted by Crippen LogP contribution is 2.30. The Morgan fingerprint density at radius 2 is 2.04 bits per heavy atom. The molecule has 1 aromatic carbocycles. The number of aromatic nitrogens is 3. The lowest BCUT2D eigenvalue weighted by Crippen LogP contribution is -2.18. The second-order valence-corrected chi connectivity index (χ2v) is 8.40. The zero-order valence-electron chi connectivity index (χ0n) is 14.5. The number of para-hydroxylation sites is 2. The fourth-order valence-electron chi connectivity index (χ4n) is 2.44. The van der Waals surface area contributed by atoms with Crippen molar-refractivity contribution in [3.05, 3.63) is 35.0 Å². The molecule has 0 saturated heterocycles. The Balaban J connectivity index is 2.12. The molecule has 0 aliphatic rings. The minimum Gasteiger partial charge on any atom is -0.495 e. The van der Waals surface area contributed by atoms with Crippen LogP contribution in [0.15, 0.2) is 29.3 Å². The standard InChI is InChI=1S/C16H20N4O3S2/c1-5-11-15(20-16(17-11)24-14(18-20)10(2)3)25(21,22)19-12-8-6-7-9-13(12)23-4/h6-10,19H,5H2,1-4H3. The van der Waals surface area contributed by atoms with Crippen molar-refractivity contribution in [2.45, 2.75) is 38.1 Å². The molecule has 2 heterocycles. The molecule has 0 spiro atoms. The van der Waals surface area contributed by atoms with Crippen LogP contribution in [0.2, 0.25) is 0 Å². The van der Waals surface area contributed by atoms with Gasteiger partial charge in [-0.15, -0.1) is 0 Å². The lowest BCUT2D eigenvalue weighted by atomic mass is 10.2. The molecule has 0 bridgehead atoms. The number of anilines is 1. The van der Waals surface area contributed by atoms with Gasteiger partial charge in [-0.1, -0.05) is 44.2 Å². The van der Waals surface area contributed by atoms with E-state index in [9.17, 15) is 8.42 Å². The first-order valence-corrected chi connectivity index (χ1v) is 10.2. The first kappa shape index (κ1) is 17.7. The summed E-state index contributed by atoms with van der Waals surface area (Å²) in [6.07, 6.45) is 0.495. The van der Waals surface area contributed by atoms with Gasteiger partial charge in [-0.3, -0.25) is 4.72 Å². The van der Waals surface area contributed by atoms with E-state index in [-0.39, 0.29) is 10.9 Å². The third-order valence-electron chi connectivity index (χ3n) is 3.68. The molecule has 0 atom stereocenters. The predicted molar refractivity (Wildman–Crippen MR) is 98.1 cm³/mol. The molecule has 3 aromatic rings. The molecule has 0 radical (unpaired) electrons. The molecular formula is C16H20N4O3S2. The summed E-state index contributed by atoms with van der Waals surface area (Å²) in [5, 5.41) is 5.38. The van der Waals surface area contributed by atoms with E-state index < -0.39 is 10.0 Å². The van der Waals surface area contributed by atoms with Gasteiger partial charge in [0.2, 0.25) is 9.99 Å². The SMILES string of the molecule is CCc1nc2sc(C(C)C)nn2c1S(=O)(=O)Nc1ccccc1OC. The van der Waals surface area contributed by atoms with E-state index >= 15 is 0 Å². The number of methoxy groups -OCH3 is 1. The van der Waals surface area contributed by atoms with E-state index in [1.54, 1.807) is 24.3 Å². The van der Waals surface area contributed by atoms with Crippen LogP contribution in [0.4, 0.5) is 5.69 Å². The fraction of sp³-hybridized carbons (Fsp3) is 0.375. The van der Waals surface area contributed by atoms with Crippen LogP contribution in [0.3, 0.4) is 0 Å². The molecule has 0 amide bonds. The molecule has 2 aromatic heterocycles. The van der Waals surface area contributed by atoms with Crippen LogP contribution in [0, 0.1) is 0 Å². The lowest BCUT2D eigenvalue weighted by molar-refractivity contribution is 0.417. The van der Waals surface area contributed by atoms with Crippen molar-refractivity contribution in [1.29, 1.82) is 0 Å². The average molecular weight is 380 g/mol. The van der Waals surface area contributed by atoms with Crippen molar-refractivity contribution < 1.29 is 13.2 Å². The molecular weight excluding hydrogens is 360 g/mol. The van der Waals surface area contributed by atoms with Crippen LogP contribution in [-0.2, 0) is 16.4 Å². The van der Waals surface area contributed by atoms with Crippen LogP contribution < -0.4 is 9.46 Å². The van der Waals surface area contributed by atoms with Crippen LogP contribution >= 0.6 is 11.3 Å². The van der Waals surface area contributed by atoms with Crippen molar-refractivity contribution in [3.63, 3.8) is 0 Å². The second-order valence-electron chi connectivity index (χ2n) is 5.81. The summed E-state index contributed by atoms with van der Waals surface area (Å²) in [7, 11) is -2.37. The molecule has 134 valence electrons. The molecule has 0 fully saturated rings. The normalized spacial score (nSPS) is 12.0. The molecule has 0 saturated carbocycles. The van der Waals surface area contributed by atoms with Gasteiger partial charge in [0.15, 0.2) is 0 Å². The maximum Gasteiger partial charge on any atom is 0.281 e. The zero-order valence-corrected chi connectivity index (χ0v) is 16.1. The number of imidazole rings is 1. The van der Waals surface area contributed by atoms with E-state index in [0.717, 1.165) is 5.01 Å². The van der Waals surface area contributed by atoms with Gasteiger partial charge in [0, 0.05) is 5.92 Å². The lowest BCUT2D eigenvalue weighted by Gasteiger charge is -2.11. The summed E-state index contributed by atoms with van der Waals surface area (Å²) in [5.41, 5.74) is 0.873. The van der Waals surface area contributed by atoms with Gasteiger partial charge in [0.05, 0.1) is 18.5 Å². The number of benzene rings is 1. The van der Waals surface area contributed by atoms with Crippen molar-refractivity contribution in [2.75, 3.05) is 11.8 Å². The Kier molecular flexibility index (Phi) is 4.70. The quantitative estimate of drug-likeness (QED) is 0.709. The Bertz CT molecular complexity index is 1010. The molecule has 9 heteroatoms. The van der Waals surface area contributed by atoms with E-state index in [4.69, 9.17) is 4.74 Å². The molecule has 0 unspecified atom stereocenters. The highest BCUT2D eigenvalue weighted by Gasteiger charge is 2.28. The summed E-state index contributed by atoms with van der Waals surface area (Å²) < 4.78 is 35.3. The number of ether oxygens (including phenoxy) is 1. The van der Waals surface area contributed by atoms with E-state index in [0.29, 0.717) is 28.5 Å². The first-order valence-electron chi connectivity index (χ1n) is 7.91. The summed E-state index contributed by atoms with van der Waals surface area (Å²) in [4.78, 5) is 5.04. The van der Waals surface area contributed by atoms with Crippen molar-refractivity contribution >= 4 is 32.0 Å². The zero-order chi connectivity index (χ0) is 18.2. The minimum absolute atomic E-state index is 0.0825. The Morgan fingerprint density at radius 1 is 1.32 bits per heavy atom. The molecule has 0 aliphatic carbocycles. The van der Waals surface area contributed by atoms with E-state index in [1.165, 1.54) is 23.0 Å². The van der Waals surface area contributed by atoms with Gasteiger partial charge in [-0.2, -0.15) is 18.0 Å². The third kappa shape index (κ3) is 3.21. The number of hydrogen-bond acceptors (Lipinski definition) is 6. The summed E-state index contributed by atoms with van der Waals surface area (Å²) >= 11 is 1.41. The molecule has 7 nitrogen and oxygen atoms in total. The van der Waals surface area contributed by atoms with Crippen LogP contribution in [0.5, 0.6) is 5.75 Å². The molecule has 25 heavy (non-hydrogen) atoms. The summed E-state index contributed by atoms with van der Waals surface area (Å²) in [5.74, 6) is 0.653. The van der Waals surface area contributed by atoms with Crippen LogP contribution in [-0.4, -0.2) is 30.1 Å². The number of fused-ring (bicyclic) bond motifs is 1. The monoisotopic (exact) mass is 380 g/mol.